The molecule has 1 aliphatic rings. The number of rotatable bonds is 1. The summed E-state index contributed by atoms with van der Waals surface area (Å²) in [5.41, 5.74) is 7.30. The summed E-state index contributed by atoms with van der Waals surface area (Å²) in [6, 6.07) is 19.4. The predicted molar refractivity (Wildman–Crippen MR) is 87.6 cm³/mol. The molecule has 94 valence electrons. The van der Waals surface area contributed by atoms with Crippen LogP contribution in [0, 0.1) is 0 Å². The Morgan fingerprint density at radius 2 is 1.45 bits per heavy atom. The summed E-state index contributed by atoms with van der Waals surface area (Å²) in [4.78, 5) is 0. The highest BCUT2D eigenvalue weighted by Gasteiger charge is 2.23. The van der Waals surface area contributed by atoms with Crippen molar-refractivity contribution < 1.29 is 0 Å². The number of benzene rings is 3. The first-order valence-electron chi connectivity index (χ1n) is 6.78. The van der Waals surface area contributed by atoms with Crippen LogP contribution in [0.3, 0.4) is 0 Å². The molecular formula is C20H14. The molecule has 0 radical (unpaired) electrons. The zero-order valence-electron chi connectivity index (χ0n) is 11.2. The van der Waals surface area contributed by atoms with Crippen LogP contribution in [0.5, 0.6) is 0 Å². The van der Waals surface area contributed by atoms with Crippen molar-refractivity contribution in [3.8, 4) is 11.1 Å². The van der Waals surface area contributed by atoms with Gasteiger partial charge in [-0.25, -0.2) is 0 Å². The lowest BCUT2D eigenvalue weighted by Crippen LogP contribution is -1.83. The lowest BCUT2D eigenvalue weighted by molar-refractivity contribution is 1.62. The monoisotopic (exact) mass is 254 g/mol. The second-order valence-electron chi connectivity index (χ2n) is 5.20. The Hall–Kier alpha value is -2.60. The Balaban J connectivity index is 2.12. The van der Waals surface area contributed by atoms with Crippen molar-refractivity contribution in [2.75, 3.05) is 0 Å². The van der Waals surface area contributed by atoms with E-state index in [1.165, 1.54) is 33.0 Å². The first-order chi connectivity index (χ1) is 9.79. The van der Waals surface area contributed by atoms with Crippen LogP contribution in [0.1, 0.15) is 16.7 Å². The highest BCUT2D eigenvalue weighted by Crippen LogP contribution is 2.46. The Labute approximate surface area is 118 Å². The quantitative estimate of drug-likeness (QED) is 0.419. The standard InChI is InChI=1S/C20H14/c1-3-14-9-6-10-17-19-12-16-8-5-4-7-15(16)11-18(19)13(2)20(14)17/h3-12H,1-2H2. The van der Waals surface area contributed by atoms with Crippen molar-refractivity contribution in [1.29, 1.82) is 0 Å². The van der Waals surface area contributed by atoms with E-state index in [1.54, 1.807) is 0 Å². The van der Waals surface area contributed by atoms with E-state index in [1.807, 2.05) is 6.08 Å². The Bertz CT molecular complexity index is 882. The molecule has 1 aliphatic carbocycles. The molecule has 0 nitrogen and oxygen atoms in total. The Morgan fingerprint density at radius 1 is 0.750 bits per heavy atom. The zero-order chi connectivity index (χ0) is 13.7. The molecule has 0 heteroatoms. The van der Waals surface area contributed by atoms with Crippen LogP contribution >= 0.6 is 0 Å². The SMILES string of the molecule is C=Cc1cccc2c1C(=C)c1cc3ccccc3cc1-2. The minimum absolute atomic E-state index is 1.11. The van der Waals surface area contributed by atoms with Gasteiger partial charge in [-0.15, -0.1) is 0 Å². The molecule has 0 aromatic heterocycles. The van der Waals surface area contributed by atoms with Crippen LogP contribution in [0.4, 0.5) is 0 Å². The molecular weight excluding hydrogens is 240 g/mol. The molecule has 4 rings (SSSR count). The second-order valence-corrected chi connectivity index (χ2v) is 5.20. The smallest absolute Gasteiger partial charge is 0.00325 e. The highest BCUT2D eigenvalue weighted by atomic mass is 14.3. The molecule has 0 unspecified atom stereocenters. The van der Waals surface area contributed by atoms with Gasteiger partial charge in [-0.2, -0.15) is 0 Å². The van der Waals surface area contributed by atoms with E-state index in [0.717, 1.165) is 11.1 Å². The molecule has 3 aromatic carbocycles. The fourth-order valence-corrected chi connectivity index (χ4v) is 3.15. The van der Waals surface area contributed by atoms with Gasteiger partial charge in [0.05, 0.1) is 0 Å². The minimum atomic E-state index is 1.11. The fourth-order valence-electron chi connectivity index (χ4n) is 3.15. The van der Waals surface area contributed by atoms with Crippen molar-refractivity contribution in [2.45, 2.75) is 0 Å². The molecule has 0 aliphatic heterocycles. The van der Waals surface area contributed by atoms with Gasteiger partial charge < -0.3 is 0 Å². The van der Waals surface area contributed by atoms with E-state index in [0.29, 0.717) is 0 Å². The molecule has 0 N–H and O–H groups in total. The Morgan fingerprint density at radius 3 is 2.15 bits per heavy atom. The summed E-state index contributed by atoms with van der Waals surface area (Å²) >= 11 is 0. The molecule has 3 aromatic rings. The minimum Gasteiger partial charge on any atom is -0.0984 e. The average molecular weight is 254 g/mol. The van der Waals surface area contributed by atoms with Crippen molar-refractivity contribution in [3.05, 3.63) is 84.4 Å². The molecule has 0 heterocycles. The number of hydrogen-bond donors (Lipinski definition) is 0. The van der Waals surface area contributed by atoms with Crippen LogP contribution in [0.25, 0.3) is 33.5 Å². The summed E-state index contributed by atoms with van der Waals surface area (Å²) in [7, 11) is 0. The third-order valence-electron chi connectivity index (χ3n) is 4.12. The van der Waals surface area contributed by atoms with Gasteiger partial charge in [0.15, 0.2) is 0 Å². The summed E-state index contributed by atoms with van der Waals surface area (Å²) in [6.07, 6.45) is 1.91. The van der Waals surface area contributed by atoms with Gasteiger partial charge in [-0.1, -0.05) is 61.7 Å². The molecule has 0 spiro atoms. The fraction of sp³-hybridized carbons (Fsp3) is 0. The van der Waals surface area contributed by atoms with Crippen LogP contribution < -0.4 is 0 Å². The molecule has 0 amide bonds. The largest absolute Gasteiger partial charge is 0.0984 e. The van der Waals surface area contributed by atoms with Crippen molar-refractivity contribution in [1.82, 2.24) is 0 Å². The van der Waals surface area contributed by atoms with Gasteiger partial charge in [0.1, 0.15) is 0 Å². The van der Waals surface area contributed by atoms with Crippen molar-refractivity contribution >= 4 is 22.4 Å². The van der Waals surface area contributed by atoms with Gasteiger partial charge >= 0.3 is 0 Å². The first-order valence-corrected chi connectivity index (χ1v) is 6.78. The van der Waals surface area contributed by atoms with Gasteiger partial charge in [-0.3, -0.25) is 0 Å². The molecule has 0 bridgehead atoms. The maximum atomic E-state index is 4.30. The van der Waals surface area contributed by atoms with Gasteiger partial charge in [0.2, 0.25) is 0 Å². The van der Waals surface area contributed by atoms with Crippen LogP contribution in [-0.4, -0.2) is 0 Å². The normalized spacial score (nSPS) is 12.3. The summed E-state index contributed by atoms with van der Waals surface area (Å²) in [6.45, 7) is 8.22. The predicted octanol–water partition coefficient (Wildman–Crippen LogP) is 5.52. The third kappa shape index (κ3) is 1.36. The van der Waals surface area contributed by atoms with Crippen LogP contribution in [0.2, 0.25) is 0 Å². The van der Waals surface area contributed by atoms with Crippen LogP contribution in [-0.2, 0) is 0 Å². The molecule has 0 saturated carbocycles. The van der Waals surface area contributed by atoms with Crippen LogP contribution in [0.15, 0.2) is 67.8 Å². The maximum absolute atomic E-state index is 4.30. The highest BCUT2D eigenvalue weighted by molar-refractivity contribution is 6.06. The van der Waals surface area contributed by atoms with Crippen molar-refractivity contribution in [3.63, 3.8) is 0 Å². The van der Waals surface area contributed by atoms with E-state index >= 15 is 0 Å². The van der Waals surface area contributed by atoms with Crippen molar-refractivity contribution in [2.24, 2.45) is 0 Å². The van der Waals surface area contributed by atoms with E-state index in [-0.39, 0.29) is 0 Å². The molecule has 20 heavy (non-hydrogen) atoms. The van der Waals surface area contributed by atoms with E-state index < -0.39 is 0 Å². The van der Waals surface area contributed by atoms with E-state index in [2.05, 4.69) is 67.8 Å². The average Bonchev–Trinajstić information content (AvgIpc) is 2.78. The lowest BCUT2D eigenvalue weighted by Gasteiger charge is -2.04. The summed E-state index contributed by atoms with van der Waals surface area (Å²) in [5, 5.41) is 2.54. The molecule has 0 saturated heterocycles. The molecule has 0 atom stereocenters. The lowest BCUT2D eigenvalue weighted by atomic mass is 9.99. The Kier molecular flexibility index (Phi) is 2.22. The number of fused-ring (bicyclic) bond motifs is 4. The third-order valence-corrected chi connectivity index (χ3v) is 4.12. The number of hydrogen-bond acceptors (Lipinski definition) is 0. The molecule has 0 fully saturated rings. The van der Waals surface area contributed by atoms with Gasteiger partial charge in [0, 0.05) is 0 Å². The summed E-state index contributed by atoms with van der Waals surface area (Å²) < 4.78 is 0. The maximum Gasteiger partial charge on any atom is -0.00325 e. The zero-order valence-corrected chi connectivity index (χ0v) is 11.2. The van der Waals surface area contributed by atoms with E-state index in [4.69, 9.17) is 0 Å². The van der Waals surface area contributed by atoms with Gasteiger partial charge in [-0.05, 0) is 56.3 Å². The topological polar surface area (TPSA) is 0 Å². The van der Waals surface area contributed by atoms with E-state index in [9.17, 15) is 0 Å². The van der Waals surface area contributed by atoms with Gasteiger partial charge in [0.25, 0.3) is 0 Å². The second kappa shape index (κ2) is 3.94. The first kappa shape index (κ1) is 11.2. The summed E-state index contributed by atoms with van der Waals surface area (Å²) in [5.74, 6) is 0.